The van der Waals surface area contributed by atoms with Gasteiger partial charge >= 0.3 is 0 Å². The summed E-state index contributed by atoms with van der Waals surface area (Å²) in [5.74, 6) is -0.0641. The summed E-state index contributed by atoms with van der Waals surface area (Å²) in [5.41, 5.74) is 2.10. The Morgan fingerprint density at radius 1 is 1.62 bits per heavy atom. The fraction of sp³-hybridized carbons (Fsp3) is 0.467. The van der Waals surface area contributed by atoms with Crippen molar-refractivity contribution in [3.05, 3.63) is 42.0 Å². The Morgan fingerprint density at radius 3 is 3.24 bits per heavy atom. The van der Waals surface area contributed by atoms with Gasteiger partial charge in [-0.2, -0.15) is 5.10 Å². The second kappa shape index (κ2) is 6.13. The summed E-state index contributed by atoms with van der Waals surface area (Å²) in [4.78, 5) is 15.5. The van der Waals surface area contributed by atoms with Crippen LogP contribution in [0.5, 0.6) is 0 Å². The molecular weight excluding hydrogens is 268 g/mol. The fourth-order valence-electron chi connectivity index (χ4n) is 2.75. The topological polar surface area (TPSA) is 71.9 Å². The molecule has 2 aromatic rings. The maximum atomic E-state index is 12.3. The van der Waals surface area contributed by atoms with Crippen LogP contribution in [0.25, 0.3) is 0 Å². The lowest BCUT2D eigenvalue weighted by Gasteiger charge is -2.16. The van der Waals surface area contributed by atoms with Crippen molar-refractivity contribution in [2.45, 2.75) is 18.9 Å². The van der Waals surface area contributed by atoms with Crippen molar-refractivity contribution < 1.29 is 9.53 Å². The highest BCUT2D eigenvalue weighted by atomic mass is 16.5. The summed E-state index contributed by atoms with van der Waals surface area (Å²) in [6, 6.07) is 3.98. The number of aromatic nitrogens is 3. The number of carbonyl (C=O) groups is 1. The Balaban J connectivity index is 1.55. The van der Waals surface area contributed by atoms with Crippen molar-refractivity contribution in [1.29, 1.82) is 0 Å². The fourth-order valence-corrected chi connectivity index (χ4v) is 2.75. The van der Waals surface area contributed by atoms with E-state index < -0.39 is 0 Å². The molecule has 0 aromatic carbocycles. The zero-order valence-corrected chi connectivity index (χ0v) is 12.1. The van der Waals surface area contributed by atoms with Crippen molar-refractivity contribution >= 4 is 5.91 Å². The lowest BCUT2D eigenvalue weighted by molar-refractivity contribution is -0.126. The molecule has 1 aliphatic rings. The van der Waals surface area contributed by atoms with E-state index in [1.807, 2.05) is 31.6 Å². The zero-order chi connectivity index (χ0) is 14.7. The van der Waals surface area contributed by atoms with Gasteiger partial charge in [-0.25, -0.2) is 0 Å². The smallest absolute Gasteiger partial charge is 0.226 e. The van der Waals surface area contributed by atoms with Crippen LogP contribution in [0.4, 0.5) is 0 Å². The molecule has 0 spiro atoms. The van der Waals surface area contributed by atoms with Gasteiger partial charge in [-0.3, -0.25) is 9.48 Å². The third-order valence-electron chi connectivity index (χ3n) is 3.84. The number of ether oxygens (including phenoxy) is 1. The number of hydrogen-bond donors (Lipinski definition) is 2. The minimum absolute atomic E-state index is 0.0629. The molecule has 6 nitrogen and oxygen atoms in total. The van der Waals surface area contributed by atoms with Crippen LogP contribution < -0.4 is 5.32 Å². The number of hydrogen-bond acceptors (Lipinski definition) is 3. The number of H-pyrrole nitrogens is 1. The second-order valence-corrected chi connectivity index (χ2v) is 5.37. The first-order valence-electron chi connectivity index (χ1n) is 7.24. The Hall–Kier alpha value is -2.08. The van der Waals surface area contributed by atoms with Gasteiger partial charge in [0.05, 0.1) is 18.2 Å². The molecule has 0 unspecified atom stereocenters. The van der Waals surface area contributed by atoms with Gasteiger partial charge < -0.3 is 15.0 Å². The maximum absolute atomic E-state index is 12.3. The first-order chi connectivity index (χ1) is 10.2. The first-order valence-corrected chi connectivity index (χ1v) is 7.24. The van der Waals surface area contributed by atoms with E-state index in [1.165, 1.54) is 0 Å². The average molecular weight is 288 g/mol. The molecule has 1 saturated heterocycles. The standard InChI is InChI=1S/C15H20N4O2/c1-19-10-11(9-18-19)14-13(5-8-21-14)15(20)17-7-4-12-3-2-6-16-12/h2-3,6,9-10,13-14,16H,4-5,7-8H2,1H3,(H,17,20)/t13-,14+/m0/s1. The Morgan fingerprint density at radius 2 is 2.52 bits per heavy atom. The van der Waals surface area contributed by atoms with Gasteiger partial charge in [0.2, 0.25) is 5.91 Å². The molecular formula is C15H20N4O2. The molecule has 0 radical (unpaired) electrons. The highest BCUT2D eigenvalue weighted by Gasteiger charge is 2.35. The molecule has 2 atom stereocenters. The first kappa shape index (κ1) is 13.9. The Labute approximate surface area is 123 Å². The molecule has 0 aliphatic carbocycles. The lowest BCUT2D eigenvalue weighted by atomic mass is 9.96. The van der Waals surface area contributed by atoms with E-state index in [0.717, 1.165) is 24.1 Å². The summed E-state index contributed by atoms with van der Waals surface area (Å²) in [7, 11) is 1.86. The van der Waals surface area contributed by atoms with Gasteiger partial charge in [-0.15, -0.1) is 0 Å². The molecule has 2 aromatic heterocycles. The van der Waals surface area contributed by atoms with Crippen molar-refractivity contribution in [1.82, 2.24) is 20.1 Å². The van der Waals surface area contributed by atoms with Crippen LogP contribution in [0, 0.1) is 5.92 Å². The van der Waals surface area contributed by atoms with E-state index in [2.05, 4.69) is 15.4 Å². The van der Waals surface area contributed by atoms with Crippen LogP contribution in [0.15, 0.2) is 30.7 Å². The predicted octanol–water partition coefficient (Wildman–Crippen LogP) is 1.18. The number of carbonyl (C=O) groups excluding carboxylic acids is 1. The van der Waals surface area contributed by atoms with Crippen LogP contribution in [0.1, 0.15) is 23.8 Å². The van der Waals surface area contributed by atoms with Gasteiger partial charge in [0, 0.05) is 50.3 Å². The highest BCUT2D eigenvalue weighted by Crippen LogP contribution is 2.34. The van der Waals surface area contributed by atoms with Crippen molar-refractivity contribution in [3.63, 3.8) is 0 Å². The van der Waals surface area contributed by atoms with E-state index in [1.54, 1.807) is 10.9 Å². The summed E-state index contributed by atoms with van der Waals surface area (Å²) in [6.07, 6.45) is 6.96. The van der Waals surface area contributed by atoms with E-state index in [4.69, 9.17) is 4.74 Å². The maximum Gasteiger partial charge on any atom is 0.226 e. The van der Waals surface area contributed by atoms with Crippen LogP contribution in [-0.2, 0) is 23.0 Å². The number of aromatic amines is 1. The van der Waals surface area contributed by atoms with Crippen molar-refractivity contribution in [3.8, 4) is 0 Å². The molecule has 112 valence electrons. The molecule has 0 bridgehead atoms. The SMILES string of the molecule is Cn1cc([C@H]2OCC[C@@H]2C(=O)NCCc2ccc[nH]2)cn1. The van der Waals surface area contributed by atoms with E-state index in [9.17, 15) is 4.79 Å². The van der Waals surface area contributed by atoms with Crippen LogP contribution in [0.3, 0.4) is 0 Å². The van der Waals surface area contributed by atoms with E-state index in [0.29, 0.717) is 13.2 Å². The molecule has 6 heteroatoms. The van der Waals surface area contributed by atoms with Crippen molar-refractivity contribution in [2.75, 3.05) is 13.2 Å². The summed E-state index contributed by atoms with van der Waals surface area (Å²) < 4.78 is 7.45. The van der Waals surface area contributed by atoms with E-state index >= 15 is 0 Å². The molecule has 3 rings (SSSR count). The monoisotopic (exact) mass is 288 g/mol. The van der Waals surface area contributed by atoms with Gasteiger partial charge in [0.25, 0.3) is 0 Å². The largest absolute Gasteiger partial charge is 0.373 e. The number of nitrogens with one attached hydrogen (secondary N) is 2. The van der Waals surface area contributed by atoms with Crippen molar-refractivity contribution in [2.24, 2.45) is 13.0 Å². The second-order valence-electron chi connectivity index (χ2n) is 5.37. The molecule has 0 saturated carbocycles. The molecule has 1 amide bonds. The van der Waals surface area contributed by atoms with E-state index in [-0.39, 0.29) is 17.9 Å². The van der Waals surface area contributed by atoms with Gasteiger partial charge in [-0.1, -0.05) is 0 Å². The molecule has 1 fully saturated rings. The van der Waals surface area contributed by atoms with Gasteiger partial charge in [0.1, 0.15) is 0 Å². The summed E-state index contributed by atoms with van der Waals surface area (Å²) >= 11 is 0. The summed E-state index contributed by atoms with van der Waals surface area (Å²) in [5, 5.41) is 7.15. The average Bonchev–Trinajstić information content (AvgIpc) is 3.18. The number of amides is 1. The predicted molar refractivity (Wildman–Crippen MR) is 77.5 cm³/mol. The Kier molecular flexibility index (Phi) is 4.06. The minimum Gasteiger partial charge on any atom is -0.373 e. The van der Waals surface area contributed by atoms with Crippen LogP contribution in [0.2, 0.25) is 0 Å². The van der Waals surface area contributed by atoms with Gasteiger partial charge in [-0.05, 0) is 18.6 Å². The molecule has 3 heterocycles. The van der Waals surface area contributed by atoms with Crippen LogP contribution in [-0.4, -0.2) is 33.8 Å². The highest BCUT2D eigenvalue weighted by molar-refractivity contribution is 5.79. The van der Waals surface area contributed by atoms with Gasteiger partial charge in [0.15, 0.2) is 0 Å². The normalized spacial score (nSPS) is 21.6. The third-order valence-corrected chi connectivity index (χ3v) is 3.84. The Bertz CT molecular complexity index is 591. The molecule has 2 N–H and O–H groups in total. The van der Waals surface area contributed by atoms with Crippen LogP contribution >= 0.6 is 0 Å². The minimum atomic E-state index is -0.177. The summed E-state index contributed by atoms with van der Waals surface area (Å²) in [6.45, 7) is 1.25. The number of nitrogens with zero attached hydrogens (tertiary/aromatic N) is 2. The number of aryl methyl sites for hydroxylation is 1. The molecule has 21 heavy (non-hydrogen) atoms. The zero-order valence-electron chi connectivity index (χ0n) is 12.1. The quantitative estimate of drug-likeness (QED) is 0.868. The third kappa shape index (κ3) is 3.16. The lowest BCUT2D eigenvalue weighted by Crippen LogP contribution is -2.33. The molecule has 1 aliphatic heterocycles. The number of rotatable bonds is 5.